The average molecular weight is 519 g/mol. The highest BCUT2D eigenvalue weighted by Gasteiger charge is 2.20. The summed E-state index contributed by atoms with van der Waals surface area (Å²) in [5.74, 6) is 3.03. The summed E-state index contributed by atoms with van der Waals surface area (Å²) in [7, 11) is 1.68. The fraction of sp³-hybridized carbons (Fsp3) is 0.111. The number of anilines is 1. The number of methoxy groups -OCH3 is 1. The highest BCUT2D eigenvalue weighted by molar-refractivity contribution is 8.00. The zero-order valence-electron chi connectivity index (χ0n) is 19.0. The third-order valence-electron chi connectivity index (χ3n) is 5.50. The third kappa shape index (κ3) is 5.37. The number of benzene rings is 3. The van der Waals surface area contributed by atoms with Gasteiger partial charge in [-0.2, -0.15) is 0 Å². The second-order valence-corrected chi connectivity index (χ2v) is 10.0. The summed E-state index contributed by atoms with van der Waals surface area (Å²) in [6, 6.07) is 28.5. The quantitative estimate of drug-likeness (QED) is 0.160. The largest absolute Gasteiger partial charge is 0.495 e. The number of hydrogen-bond donors (Lipinski definition) is 1. The molecule has 2 heterocycles. The van der Waals surface area contributed by atoms with E-state index in [-0.39, 0.29) is 0 Å². The van der Waals surface area contributed by atoms with Crippen molar-refractivity contribution in [2.24, 2.45) is 0 Å². The van der Waals surface area contributed by atoms with Crippen LogP contribution in [-0.4, -0.2) is 27.6 Å². The summed E-state index contributed by atoms with van der Waals surface area (Å²) in [5, 5.41) is 11.8. The first-order valence-electron chi connectivity index (χ1n) is 11.1. The molecule has 0 saturated carbocycles. The molecule has 0 unspecified atom stereocenters. The maximum atomic E-state index is 6.00. The summed E-state index contributed by atoms with van der Waals surface area (Å²) in [6.45, 7) is 0. The topological polar surface area (TPSA) is 52.0 Å². The van der Waals surface area contributed by atoms with Gasteiger partial charge in [0.15, 0.2) is 5.82 Å². The first kappa shape index (κ1) is 23.5. The number of nitrogens with one attached hydrogen (secondary N) is 1. The second-order valence-electron chi connectivity index (χ2n) is 7.74. The van der Waals surface area contributed by atoms with Crippen LogP contribution in [0.2, 0.25) is 5.02 Å². The molecule has 0 aliphatic carbocycles. The van der Waals surface area contributed by atoms with Crippen LogP contribution >= 0.6 is 34.9 Å². The van der Waals surface area contributed by atoms with Gasteiger partial charge >= 0.3 is 0 Å². The van der Waals surface area contributed by atoms with Gasteiger partial charge in [-0.05, 0) is 70.8 Å². The summed E-state index contributed by atoms with van der Waals surface area (Å²) in [6.07, 6.45) is 0.910. The average Bonchev–Trinajstić information content (AvgIpc) is 3.58. The SMILES string of the molecule is COc1ccc(-c2ccccc2)cc1-n1c(NSCCc2ccc(Cl)cc2)nnc1-c1cccs1. The van der Waals surface area contributed by atoms with E-state index in [0.717, 1.165) is 50.5 Å². The first-order chi connectivity index (χ1) is 17.2. The molecule has 0 amide bonds. The van der Waals surface area contributed by atoms with Crippen molar-refractivity contribution in [2.75, 3.05) is 17.6 Å². The van der Waals surface area contributed by atoms with Gasteiger partial charge in [0, 0.05) is 10.8 Å². The maximum Gasteiger partial charge on any atom is 0.239 e. The molecule has 0 aliphatic heterocycles. The highest BCUT2D eigenvalue weighted by atomic mass is 35.5. The lowest BCUT2D eigenvalue weighted by molar-refractivity contribution is 0.413. The van der Waals surface area contributed by atoms with E-state index in [1.165, 1.54) is 5.56 Å². The maximum absolute atomic E-state index is 6.00. The van der Waals surface area contributed by atoms with Crippen LogP contribution in [0.25, 0.3) is 27.5 Å². The zero-order chi connectivity index (χ0) is 24.0. The number of aromatic nitrogens is 3. The van der Waals surface area contributed by atoms with E-state index in [1.54, 1.807) is 30.4 Å². The number of ether oxygens (including phenoxy) is 1. The monoisotopic (exact) mass is 518 g/mol. The molecule has 0 spiro atoms. The minimum Gasteiger partial charge on any atom is -0.495 e. The minimum atomic E-state index is 0.651. The van der Waals surface area contributed by atoms with Crippen molar-refractivity contribution in [1.82, 2.24) is 14.8 Å². The zero-order valence-corrected chi connectivity index (χ0v) is 21.4. The lowest BCUT2D eigenvalue weighted by atomic mass is 10.0. The molecule has 35 heavy (non-hydrogen) atoms. The number of hydrogen-bond acceptors (Lipinski definition) is 6. The van der Waals surface area contributed by atoms with Crippen LogP contribution in [0, 0.1) is 0 Å². The Bertz CT molecular complexity index is 1390. The van der Waals surface area contributed by atoms with Crippen LogP contribution in [0.1, 0.15) is 5.56 Å². The standard InChI is InChI=1S/C27H23ClN4OS2/c1-33-24-14-11-21(20-6-3-2-4-7-20)18-23(24)32-26(25-8-5-16-34-25)29-30-27(32)31-35-17-15-19-9-12-22(28)13-10-19/h2-14,16,18H,15,17H2,1H3,(H,30,31). The normalized spacial score (nSPS) is 10.9. The predicted octanol–water partition coefficient (Wildman–Crippen LogP) is 7.63. The summed E-state index contributed by atoms with van der Waals surface area (Å²) >= 11 is 9.23. The fourth-order valence-corrected chi connectivity index (χ4v) is 5.28. The van der Waals surface area contributed by atoms with Gasteiger partial charge in [0.05, 0.1) is 17.7 Å². The molecule has 1 N–H and O–H groups in total. The Morgan fingerprint density at radius 1 is 0.943 bits per heavy atom. The molecule has 5 rings (SSSR count). The molecule has 0 aliphatic rings. The van der Waals surface area contributed by atoms with Crippen molar-refractivity contribution in [2.45, 2.75) is 6.42 Å². The Hall–Kier alpha value is -3.26. The van der Waals surface area contributed by atoms with Crippen LogP contribution in [0.5, 0.6) is 5.75 Å². The van der Waals surface area contributed by atoms with E-state index in [9.17, 15) is 0 Å². The van der Waals surface area contributed by atoms with Crippen molar-refractivity contribution in [3.05, 3.63) is 101 Å². The Morgan fingerprint density at radius 2 is 1.77 bits per heavy atom. The van der Waals surface area contributed by atoms with Gasteiger partial charge in [-0.3, -0.25) is 9.29 Å². The number of thiophene rings is 1. The van der Waals surface area contributed by atoms with Gasteiger partial charge < -0.3 is 4.74 Å². The van der Waals surface area contributed by atoms with Crippen molar-refractivity contribution in [3.63, 3.8) is 0 Å². The lowest BCUT2D eigenvalue weighted by Gasteiger charge is -2.16. The third-order valence-corrected chi connectivity index (χ3v) is 7.35. The van der Waals surface area contributed by atoms with Crippen LogP contribution in [0.3, 0.4) is 0 Å². The van der Waals surface area contributed by atoms with E-state index in [2.05, 4.69) is 57.4 Å². The molecule has 2 aromatic heterocycles. The van der Waals surface area contributed by atoms with Crippen LogP contribution in [-0.2, 0) is 6.42 Å². The second kappa shape index (κ2) is 11.0. The molecular formula is C27H23ClN4OS2. The van der Waals surface area contributed by atoms with Gasteiger partial charge in [-0.25, -0.2) is 0 Å². The van der Waals surface area contributed by atoms with E-state index < -0.39 is 0 Å². The molecule has 176 valence electrons. The number of aryl methyl sites for hydroxylation is 1. The van der Waals surface area contributed by atoms with Gasteiger partial charge in [0.2, 0.25) is 5.95 Å². The van der Waals surface area contributed by atoms with E-state index in [1.807, 2.05) is 52.4 Å². The summed E-state index contributed by atoms with van der Waals surface area (Å²) in [4.78, 5) is 1.03. The molecule has 0 bridgehead atoms. The van der Waals surface area contributed by atoms with Gasteiger partial charge in [0.1, 0.15) is 5.75 Å². The Kier molecular flexibility index (Phi) is 7.37. The van der Waals surface area contributed by atoms with Crippen LogP contribution in [0.4, 0.5) is 5.95 Å². The molecular weight excluding hydrogens is 496 g/mol. The van der Waals surface area contributed by atoms with Crippen LogP contribution in [0.15, 0.2) is 90.3 Å². The smallest absolute Gasteiger partial charge is 0.239 e. The van der Waals surface area contributed by atoms with Gasteiger partial charge in [-0.15, -0.1) is 21.5 Å². The van der Waals surface area contributed by atoms with E-state index in [0.29, 0.717) is 5.95 Å². The van der Waals surface area contributed by atoms with E-state index >= 15 is 0 Å². The number of rotatable bonds is 9. The van der Waals surface area contributed by atoms with Gasteiger partial charge in [0.25, 0.3) is 0 Å². The fourth-order valence-electron chi connectivity index (χ4n) is 3.75. The molecule has 0 radical (unpaired) electrons. The van der Waals surface area contributed by atoms with Crippen molar-refractivity contribution in [1.29, 1.82) is 0 Å². The van der Waals surface area contributed by atoms with E-state index in [4.69, 9.17) is 16.3 Å². The molecule has 5 aromatic rings. The molecule has 0 saturated heterocycles. The van der Waals surface area contributed by atoms with Crippen molar-refractivity contribution < 1.29 is 4.74 Å². The number of halogens is 1. The first-order valence-corrected chi connectivity index (χ1v) is 13.3. The molecule has 0 fully saturated rings. The molecule has 3 aromatic carbocycles. The van der Waals surface area contributed by atoms with Crippen molar-refractivity contribution >= 4 is 40.8 Å². The van der Waals surface area contributed by atoms with Gasteiger partial charge in [-0.1, -0.05) is 66.2 Å². The molecule has 8 heteroatoms. The van der Waals surface area contributed by atoms with Crippen LogP contribution < -0.4 is 9.46 Å². The minimum absolute atomic E-state index is 0.651. The Labute approximate surface area is 217 Å². The molecule has 0 atom stereocenters. The summed E-state index contributed by atoms with van der Waals surface area (Å²) < 4.78 is 11.2. The Morgan fingerprint density at radius 3 is 2.51 bits per heavy atom. The summed E-state index contributed by atoms with van der Waals surface area (Å²) in [5.41, 5.74) is 4.34. The Balaban J connectivity index is 1.47. The van der Waals surface area contributed by atoms with Crippen molar-refractivity contribution in [3.8, 4) is 33.3 Å². The lowest BCUT2D eigenvalue weighted by Crippen LogP contribution is -2.05. The predicted molar refractivity (Wildman–Crippen MR) is 148 cm³/mol. The highest BCUT2D eigenvalue weighted by Crippen LogP contribution is 2.36. The molecule has 5 nitrogen and oxygen atoms in total. The number of nitrogens with zero attached hydrogens (tertiary/aromatic N) is 3.